The van der Waals surface area contributed by atoms with Gasteiger partial charge in [0.15, 0.2) is 0 Å². The molecule has 0 saturated heterocycles. The maximum atomic E-state index is 6.89. The molecule has 0 aliphatic carbocycles. The SMILES string of the molecule is CC[Si](OC)(OC)O[Si](O[Si](CC)(OC)OC)(c1ccccc1)c1ccccc1. The van der Waals surface area contributed by atoms with Gasteiger partial charge >= 0.3 is 26.2 Å². The summed E-state index contributed by atoms with van der Waals surface area (Å²) in [6.07, 6.45) is 0. The molecule has 0 heterocycles. The van der Waals surface area contributed by atoms with Crippen LogP contribution in [0.4, 0.5) is 0 Å². The summed E-state index contributed by atoms with van der Waals surface area (Å²) in [5, 5.41) is 1.90. The molecule has 29 heavy (non-hydrogen) atoms. The molecule has 2 aromatic carbocycles. The summed E-state index contributed by atoms with van der Waals surface area (Å²) < 4.78 is 37.1. The lowest BCUT2D eigenvalue weighted by Gasteiger charge is -2.42. The Kier molecular flexibility index (Phi) is 8.94. The molecule has 0 aliphatic rings. The van der Waals surface area contributed by atoms with Gasteiger partial charge in [-0.25, -0.2) is 0 Å². The van der Waals surface area contributed by atoms with Crippen molar-refractivity contribution in [2.45, 2.75) is 25.9 Å². The van der Waals surface area contributed by atoms with Crippen molar-refractivity contribution < 1.29 is 25.9 Å². The summed E-state index contributed by atoms with van der Waals surface area (Å²) in [4.78, 5) is 0. The Bertz CT molecular complexity index is 643. The number of rotatable bonds is 12. The van der Waals surface area contributed by atoms with Crippen LogP contribution in [0.5, 0.6) is 0 Å². The molecule has 2 aromatic rings. The van der Waals surface area contributed by atoms with Crippen LogP contribution in [0.3, 0.4) is 0 Å². The van der Waals surface area contributed by atoms with E-state index in [1.165, 1.54) is 0 Å². The minimum Gasteiger partial charge on any atom is -0.387 e. The van der Waals surface area contributed by atoms with Crippen LogP contribution in [0.15, 0.2) is 60.7 Å². The molecule has 0 amide bonds. The fourth-order valence-corrected chi connectivity index (χ4v) is 14.7. The zero-order chi connectivity index (χ0) is 21.4. The predicted molar refractivity (Wildman–Crippen MR) is 121 cm³/mol. The lowest BCUT2D eigenvalue weighted by Crippen LogP contribution is -2.73. The molecular weight excluding hydrogens is 420 g/mol. The van der Waals surface area contributed by atoms with Gasteiger partial charge < -0.3 is 25.9 Å². The minimum atomic E-state index is -3.32. The second kappa shape index (κ2) is 10.8. The average Bonchev–Trinajstić information content (AvgIpc) is 2.81. The first-order valence-corrected chi connectivity index (χ1v) is 15.4. The van der Waals surface area contributed by atoms with Gasteiger partial charge in [-0.15, -0.1) is 0 Å². The fraction of sp³-hybridized carbons (Fsp3) is 0.400. The van der Waals surface area contributed by atoms with E-state index in [4.69, 9.17) is 25.9 Å². The van der Waals surface area contributed by atoms with Crippen LogP contribution in [0.2, 0.25) is 12.1 Å². The van der Waals surface area contributed by atoms with Gasteiger partial charge in [0.25, 0.3) is 0 Å². The molecule has 0 N–H and O–H groups in total. The van der Waals surface area contributed by atoms with E-state index in [1.807, 2.05) is 74.5 Å². The molecule has 6 nitrogen and oxygen atoms in total. The summed E-state index contributed by atoms with van der Waals surface area (Å²) in [5.41, 5.74) is 0. The van der Waals surface area contributed by atoms with Crippen molar-refractivity contribution in [3.63, 3.8) is 0 Å². The Hall–Kier alpha value is -1.15. The number of benzene rings is 2. The van der Waals surface area contributed by atoms with Crippen molar-refractivity contribution in [2.75, 3.05) is 28.4 Å². The second-order valence-electron chi connectivity index (χ2n) is 6.44. The summed E-state index contributed by atoms with van der Waals surface area (Å²) >= 11 is 0. The van der Waals surface area contributed by atoms with Gasteiger partial charge in [-0.2, -0.15) is 0 Å². The first-order valence-electron chi connectivity index (χ1n) is 9.71. The van der Waals surface area contributed by atoms with Gasteiger partial charge in [0.2, 0.25) is 0 Å². The lowest BCUT2D eigenvalue weighted by molar-refractivity contribution is 0.122. The summed E-state index contributed by atoms with van der Waals surface area (Å²) in [6, 6.07) is 21.2. The van der Waals surface area contributed by atoms with Crippen molar-refractivity contribution in [3.8, 4) is 0 Å². The van der Waals surface area contributed by atoms with Crippen LogP contribution >= 0.6 is 0 Å². The topological polar surface area (TPSA) is 55.4 Å². The third-order valence-corrected chi connectivity index (χ3v) is 16.2. The molecule has 0 radical (unpaired) electrons. The second-order valence-corrected chi connectivity index (χ2v) is 16.2. The Morgan fingerprint density at radius 1 is 0.552 bits per heavy atom. The van der Waals surface area contributed by atoms with Crippen LogP contribution in [0.1, 0.15) is 13.8 Å². The standard InChI is InChI=1S/C20H32O6Si3/c1-7-27(21-3,22-4)25-29(19-15-11-9-12-16-19,20-17-13-10-14-18-20)26-28(8-2,23-5)24-6/h9-18H,7-8H2,1-6H3. The molecule has 160 valence electrons. The molecule has 0 atom stereocenters. The molecule has 2 rings (SSSR count). The zero-order valence-corrected chi connectivity index (χ0v) is 21.1. The monoisotopic (exact) mass is 452 g/mol. The van der Waals surface area contributed by atoms with E-state index in [1.54, 1.807) is 28.4 Å². The van der Waals surface area contributed by atoms with E-state index >= 15 is 0 Å². The van der Waals surface area contributed by atoms with Crippen molar-refractivity contribution in [3.05, 3.63) is 60.7 Å². The largest absolute Gasteiger partial charge is 0.491 e. The highest BCUT2D eigenvalue weighted by Crippen LogP contribution is 2.26. The molecular formula is C20H32O6Si3. The van der Waals surface area contributed by atoms with Crippen LogP contribution < -0.4 is 10.4 Å². The zero-order valence-electron chi connectivity index (χ0n) is 18.1. The Morgan fingerprint density at radius 3 is 1.10 bits per heavy atom. The lowest BCUT2D eigenvalue weighted by atomic mass is 10.4. The van der Waals surface area contributed by atoms with Gasteiger partial charge in [0.05, 0.1) is 0 Å². The van der Waals surface area contributed by atoms with Crippen LogP contribution in [0, 0.1) is 0 Å². The van der Waals surface area contributed by atoms with E-state index in [-0.39, 0.29) is 0 Å². The molecule has 0 aromatic heterocycles. The van der Waals surface area contributed by atoms with Gasteiger partial charge in [-0.3, -0.25) is 0 Å². The smallest absolute Gasteiger partial charge is 0.387 e. The van der Waals surface area contributed by atoms with Crippen LogP contribution in [-0.4, -0.2) is 54.6 Å². The first-order chi connectivity index (χ1) is 14.0. The third kappa shape index (κ3) is 5.13. The van der Waals surface area contributed by atoms with E-state index in [0.29, 0.717) is 12.1 Å². The number of hydrogen-bond acceptors (Lipinski definition) is 6. The average molecular weight is 453 g/mol. The van der Waals surface area contributed by atoms with Gasteiger partial charge in [-0.1, -0.05) is 74.5 Å². The molecule has 0 fully saturated rings. The highest BCUT2D eigenvalue weighted by Gasteiger charge is 2.57. The summed E-state index contributed by atoms with van der Waals surface area (Å²) in [7, 11) is -2.82. The van der Waals surface area contributed by atoms with Gasteiger partial charge in [-0.05, 0) is 10.4 Å². The molecule has 0 aliphatic heterocycles. The predicted octanol–water partition coefficient (Wildman–Crippen LogP) is 2.78. The molecule has 0 unspecified atom stereocenters. The maximum absolute atomic E-state index is 6.89. The highest BCUT2D eigenvalue weighted by atomic mass is 28.5. The number of hydrogen-bond donors (Lipinski definition) is 0. The minimum absolute atomic E-state index is 0.610. The normalized spacial score (nSPS) is 12.9. The molecule has 0 bridgehead atoms. The fourth-order valence-electron chi connectivity index (χ4n) is 3.23. The van der Waals surface area contributed by atoms with Crippen molar-refractivity contribution >= 4 is 36.5 Å². The third-order valence-electron chi connectivity index (χ3n) is 5.02. The Morgan fingerprint density at radius 2 is 0.862 bits per heavy atom. The first kappa shape index (κ1) is 24.1. The van der Waals surface area contributed by atoms with Crippen molar-refractivity contribution in [1.82, 2.24) is 0 Å². The van der Waals surface area contributed by atoms with Crippen LogP contribution in [0.25, 0.3) is 0 Å². The Balaban J connectivity index is 2.78. The van der Waals surface area contributed by atoms with Crippen molar-refractivity contribution in [2.24, 2.45) is 0 Å². The van der Waals surface area contributed by atoms with E-state index in [9.17, 15) is 0 Å². The van der Waals surface area contributed by atoms with Gasteiger partial charge in [0.1, 0.15) is 0 Å². The highest BCUT2D eigenvalue weighted by molar-refractivity contribution is 7.00. The molecule has 9 heteroatoms. The van der Waals surface area contributed by atoms with Gasteiger partial charge in [0, 0.05) is 40.5 Å². The van der Waals surface area contributed by atoms with E-state index < -0.39 is 26.2 Å². The van der Waals surface area contributed by atoms with E-state index in [2.05, 4.69) is 0 Å². The maximum Gasteiger partial charge on any atom is 0.491 e. The summed E-state index contributed by atoms with van der Waals surface area (Å²) in [5.74, 6) is 0. The quantitative estimate of drug-likeness (QED) is 0.462. The van der Waals surface area contributed by atoms with Crippen LogP contribution in [-0.2, 0) is 25.9 Å². The molecule has 0 saturated carbocycles. The Labute approximate surface area is 177 Å². The van der Waals surface area contributed by atoms with Crippen molar-refractivity contribution in [1.29, 1.82) is 0 Å². The summed E-state index contributed by atoms with van der Waals surface area (Å²) in [6.45, 7) is 4.01. The molecule has 0 spiro atoms. The van der Waals surface area contributed by atoms with E-state index in [0.717, 1.165) is 10.4 Å².